The highest BCUT2D eigenvalue weighted by Crippen LogP contribution is 2.27. The first kappa shape index (κ1) is 15.7. The van der Waals surface area contributed by atoms with Crippen molar-refractivity contribution in [1.29, 1.82) is 0 Å². The Labute approximate surface area is 120 Å². The molecule has 7 heteroatoms. The molecule has 2 rings (SSSR count). The van der Waals surface area contributed by atoms with Gasteiger partial charge in [0.05, 0.1) is 0 Å². The average Bonchev–Trinajstić information content (AvgIpc) is 2.38. The van der Waals surface area contributed by atoms with Crippen LogP contribution in [-0.4, -0.2) is 53.8 Å². The van der Waals surface area contributed by atoms with Crippen LogP contribution in [0.3, 0.4) is 0 Å². The number of carboxylic acids is 1. The molecule has 0 amide bonds. The summed E-state index contributed by atoms with van der Waals surface area (Å²) in [6.07, 6.45) is 4.51. The van der Waals surface area contributed by atoms with Gasteiger partial charge in [-0.15, -0.1) is 0 Å². The molecule has 2 aliphatic heterocycles. The standard InChI is InChI=1S/C13H24N2O4S/c1-11-5-2-3-8-15(11)20(18,19)14-7-4-6-12(10-14)9-13(16)17/h11-12H,2-10H2,1H3,(H,16,17). The number of rotatable bonds is 4. The van der Waals surface area contributed by atoms with Gasteiger partial charge in [0.15, 0.2) is 0 Å². The van der Waals surface area contributed by atoms with Crippen LogP contribution in [0, 0.1) is 5.92 Å². The molecule has 0 radical (unpaired) electrons. The van der Waals surface area contributed by atoms with Crippen molar-refractivity contribution in [3.8, 4) is 0 Å². The second kappa shape index (κ2) is 6.41. The van der Waals surface area contributed by atoms with Crippen LogP contribution < -0.4 is 0 Å². The predicted octanol–water partition coefficient (Wildman–Crippen LogP) is 1.29. The monoisotopic (exact) mass is 304 g/mol. The van der Waals surface area contributed by atoms with Crippen LogP contribution in [0.25, 0.3) is 0 Å². The van der Waals surface area contributed by atoms with Gasteiger partial charge in [-0.2, -0.15) is 17.0 Å². The van der Waals surface area contributed by atoms with Gasteiger partial charge in [0.2, 0.25) is 0 Å². The minimum atomic E-state index is -3.43. The summed E-state index contributed by atoms with van der Waals surface area (Å²) in [6, 6.07) is 0.0496. The molecule has 0 aromatic rings. The van der Waals surface area contributed by atoms with Crippen LogP contribution in [0.4, 0.5) is 0 Å². The molecule has 2 unspecified atom stereocenters. The third kappa shape index (κ3) is 3.51. The summed E-state index contributed by atoms with van der Waals surface area (Å²) in [4.78, 5) is 10.8. The summed E-state index contributed by atoms with van der Waals surface area (Å²) >= 11 is 0. The maximum absolute atomic E-state index is 12.7. The van der Waals surface area contributed by atoms with E-state index in [0.29, 0.717) is 19.6 Å². The summed E-state index contributed by atoms with van der Waals surface area (Å²) in [7, 11) is -3.43. The Morgan fingerprint density at radius 2 is 1.95 bits per heavy atom. The molecule has 0 saturated carbocycles. The van der Waals surface area contributed by atoms with Crippen molar-refractivity contribution in [2.24, 2.45) is 5.92 Å². The van der Waals surface area contributed by atoms with Gasteiger partial charge in [0.25, 0.3) is 10.2 Å². The summed E-state index contributed by atoms with van der Waals surface area (Å²) in [5, 5.41) is 8.87. The molecule has 0 bridgehead atoms. The van der Waals surface area contributed by atoms with E-state index in [-0.39, 0.29) is 18.4 Å². The van der Waals surface area contributed by atoms with E-state index in [0.717, 1.165) is 32.1 Å². The first-order chi connectivity index (χ1) is 9.41. The number of piperidine rings is 2. The molecule has 2 heterocycles. The van der Waals surface area contributed by atoms with Crippen LogP contribution in [0.2, 0.25) is 0 Å². The highest BCUT2D eigenvalue weighted by atomic mass is 32.2. The Morgan fingerprint density at radius 1 is 1.20 bits per heavy atom. The van der Waals surface area contributed by atoms with Gasteiger partial charge in [-0.3, -0.25) is 4.79 Å². The number of nitrogens with zero attached hydrogens (tertiary/aromatic N) is 2. The summed E-state index contributed by atoms with van der Waals surface area (Å²) in [6.45, 7) is 3.40. The number of carbonyl (C=O) groups is 1. The molecular weight excluding hydrogens is 280 g/mol. The maximum atomic E-state index is 12.7. The topological polar surface area (TPSA) is 77.9 Å². The zero-order valence-electron chi connectivity index (χ0n) is 12.0. The van der Waals surface area contributed by atoms with Gasteiger partial charge < -0.3 is 5.11 Å². The van der Waals surface area contributed by atoms with Crippen molar-refractivity contribution in [1.82, 2.24) is 8.61 Å². The molecule has 2 aliphatic rings. The molecule has 0 aromatic carbocycles. The van der Waals surface area contributed by atoms with Gasteiger partial charge >= 0.3 is 5.97 Å². The lowest BCUT2D eigenvalue weighted by Crippen LogP contribution is -2.52. The average molecular weight is 304 g/mol. The van der Waals surface area contributed by atoms with Crippen molar-refractivity contribution < 1.29 is 18.3 Å². The molecule has 2 saturated heterocycles. The van der Waals surface area contributed by atoms with Crippen molar-refractivity contribution in [2.75, 3.05) is 19.6 Å². The van der Waals surface area contributed by atoms with Gasteiger partial charge in [-0.25, -0.2) is 0 Å². The lowest BCUT2D eigenvalue weighted by Gasteiger charge is -2.39. The van der Waals surface area contributed by atoms with Crippen LogP contribution in [0.1, 0.15) is 45.4 Å². The van der Waals surface area contributed by atoms with Gasteiger partial charge in [0, 0.05) is 32.1 Å². The molecule has 2 atom stereocenters. The number of aliphatic carboxylic acids is 1. The van der Waals surface area contributed by atoms with E-state index in [4.69, 9.17) is 5.11 Å². The normalized spacial score (nSPS) is 30.2. The smallest absolute Gasteiger partial charge is 0.303 e. The van der Waals surface area contributed by atoms with E-state index in [9.17, 15) is 13.2 Å². The third-order valence-corrected chi connectivity index (χ3v) is 6.43. The van der Waals surface area contributed by atoms with Gasteiger partial charge in [-0.1, -0.05) is 6.42 Å². The van der Waals surface area contributed by atoms with Crippen molar-refractivity contribution in [3.05, 3.63) is 0 Å². The van der Waals surface area contributed by atoms with E-state index in [1.807, 2.05) is 6.92 Å². The first-order valence-electron chi connectivity index (χ1n) is 7.40. The maximum Gasteiger partial charge on any atom is 0.303 e. The minimum absolute atomic E-state index is 0.0496. The summed E-state index contributed by atoms with van der Waals surface area (Å²) in [5.74, 6) is -0.906. The fourth-order valence-electron chi connectivity index (χ4n) is 3.21. The Morgan fingerprint density at radius 3 is 2.60 bits per heavy atom. The Balaban J connectivity index is 2.06. The zero-order valence-corrected chi connectivity index (χ0v) is 12.8. The lowest BCUT2D eigenvalue weighted by molar-refractivity contribution is -0.138. The molecule has 0 aromatic heterocycles. The van der Waals surface area contributed by atoms with E-state index in [1.165, 1.54) is 4.31 Å². The van der Waals surface area contributed by atoms with Crippen molar-refractivity contribution in [3.63, 3.8) is 0 Å². The van der Waals surface area contributed by atoms with E-state index >= 15 is 0 Å². The number of carboxylic acid groups (broad SMARTS) is 1. The summed E-state index contributed by atoms with van der Waals surface area (Å²) < 4.78 is 28.5. The van der Waals surface area contributed by atoms with Crippen molar-refractivity contribution in [2.45, 2.75) is 51.5 Å². The molecule has 0 spiro atoms. The second-order valence-corrected chi connectivity index (χ2v) is 7.81. The first-order valence-corrected chi connectivity index (χ1v) is 8.79. The molecule has 1 N–H and O–H groups in total. The van der Waals surface area contributed by atoms with E-state index in [1.54, 1.807) is 4.31 Å². The molecule has 116 valence electrons. The van der Waals surface area contributed by atoms with Crippen LogP contribution in [-0.2, 0) is 15.0 Å². The van der Waals surface area contributed by atoms with Crippen molar-refractivity contribution >= 4 is 16.2 Å². The van der Waals surface area contributed by atoms with Crippen LogP contribution >= 0.6 is 0 Å². The van der Waals surface area contributed by atoms with Crippen LogP contribution in [0.5, 0.6) is 0 Å². The zero-order chi connectivity index (χ0) is 14.8. The Hall–Kier alpha value is -0.660. The quantitative estimate of drug-likeness (QED) is 0.849. The predicted molar refractivity (Wildman–Crippen MR) is 75.5 cm³/mol. The molecule has 0 aliphatic carbocycles. The number of hydrogen-bond acceptors (Lipinski definition) is 3. The highest BCUT2D eigenvalue weighted by Gasteiger charge is 2.37. The SMILES string of the molecule is CC1CCCCN1S(=O)(=O)N1CCCC(CC(=O)O)C1. The Bertz CT molecular complexity index is 451. The Kier molecular flexibility index (Phi) is 5.04. The molecule has 20 heavy (non-hydrogen) atoms. The molecular formula is C13H24N2O4S. The molecule has 6 nitrogen and oxygen atoms in total. The summed E-state index contributed by atoms with van der Waals surface area (Å²) in [5.41, 5.74) is 0. The minimum Gasteiger partial charge on any atom is -0.481 e. The largest absolute Gasteiger partial charge is 0.481 e. The fourth-order valence-corrected chi connectivity index (χ4v) is 5.19. The van der Waals surface area contributed by atoms with E-state index < -0.39 is 16.2 Å². The van der Waals surface area contributed by atoms with Gasteiger partial charge in [0.1, 0.15) is 0 Å². The number of hydrogen-bond donors (Lipinski definition) is 1. The lowest BCUT2D eigenvalue weighted by atomic mass is 9.96. The van der Waals surface area contributed by atoms with Gasteiger partial charge in [-0.05, 0) is 38.5 Å². The third-order valence-electron chi connectivity index (χ3n) is 4.31. The van der Waals surface area contributed by atoms with Crippen LogP contribution in [0.15, 0.2) is 0 Å². The van der Waals surface area contributed by atoms with E-state index in [2.05, 4.69) is 0 Å². The highest BCUT2D eigenvalue weighted by molar-refractivity contribution is 7.86. The second-order valence-electron chi connectivity index (χ2n) is 5.93. The molecule has 2 fully saturated rings. The fraction of sp³-hybridized carbons (Fsp3) is 0.923.